The Morgan fingerprint density at radius 2 is 2.13 bits per heavy atom. The number of hydrogen-bond acceptors (Lipinski definition) is 7. The lowest BCUT2D eigenvalue weighted by Gasteiger charge is -2.28. The van der Waals surface area contributed by atoms with E-state index in [9.17, 15) is 0 Å². The molecule has 0 radical (unpaired) electrons. The largest absolute Gasteiger partial charge is 0.394 e. The van der Waals surface area contributed by atoms with Crippen LogP contribution in [0.25, 0.3) is 33.2 Å². The van der Waals surface area contributed by atoms with Gasteiger partial charge < -0.3 is 20.1 Å². The molecule has 5 rings (SSSR count). The van der Waals surface area contributed by atoms with E-state index in [0.29, 0.717) is 18.6 Å². The second kappa shape index (κ2) is 8.00. The first-order valence-corrected chi connectivity index (χ1v) is 10.3. The molecule has 156 valence electrons. The molecule has 0 amide bonds. The molecule has 1 aliphatic rings. The third kappa shape index (κ3) is 3.61. The highest BCUT2D eigenvalue weighted by atomic mass is 16.5. The van der Waals surface area contributed by atoms with Gasteiger partial charge in [0, 0.05) is 36.4 Å². The quantitative estimate of drug-likeness (QED) is 0.450. The van der Waals surface area contributed by atoms with Gasteiger partial charge in [-0.05, 0) is 43.4 Å². The zero-order chi connectivity index (χ0) is 20.5. The van der Waals surface area contributed by atoms with E-state index in [4.69, 9.17) is 9.84 Å². The minimum Gasteiger partial charge on any atom is -0.394 e. The van der Waals surface area contributed by atoms with Crippen molar-refractivity contribution in [1.29, 1.82) is 0 Å². The summed E-state index contributed by atoms with van der Waals surface area (Å²) in [4.78, 5) is 12.5. The summed E-state index contributed by atoms with van der Waals surface area (Å²) in [6, 6.07) is 6.45. The minimum atomic E-state index is 0.0803. The number of nitrogens with one attached hydrogen (secondary N) is 2. The van der Waals surface area contributed by atoms with E-state index in [-0.39, 0.29) is 12.7 Å². The summed E-state index contributed by atoms with van der Waals surface area (Å²) in [5, 5.41) is 21.5. The molecule has 1 aromatic carbocycles. The van der Waals surface area contributed by atoms with Crippen molar-refractivity contribution in [3.63, 3.8) is 0 Å². The number of aliphatic hydroxyl groups is 1. The van der Waals surface area contributed by atoms with Crippen molar-refractivity contribution in [2.24, 2.45) is 7.05 Å². The summed E-state index contributed by atoms with van der Waals surface area (Å²) in [5.74, 6) is 0.641. The Bertz CT molecular complexity index is 1160. The van der Waals surface area contributed by atoms with Crippen LogP contribution in [-0.4, -0.2) is 60.4 Å². The van der Waals surface area contributed by atoms with Crippen molar-refractivity contribution in [2.45, 2.75) is 37.8 Å². The number of aromatic nitrogens is 6. The first-order valence-electron chi connectivity index (χ1n) is 10.3. The van der Waals surface area contributed by atoms with E-state index in [1.807, 2.05) is 31.6 Å². The Labute approximate surface area is 173 Å². The van der Waals surface area contributed by atoms with Gasteiger partial charge in [0.15, 0.2) is 0 Å². The molecule has 0 atom stereocenters. The first kappa shape index (κ1) is 19.0. The fourth-order valence-corrected chi connectivity index (χ4v) is 4.19. The van der Waals surface area contributed by atoms with Gasteiger partial charge in [0.1, 0.15) is 11.2 Å². The average molecular weight is 407 g/mol. The second-order valence-electron chi connectivity index (χ2n) is 7.79. The van der Waals surface area contributed by atoms with Crippen LogP contribution >= 0.6 is 0 Å². The SMILES string of the molecule is Cn1nnc2ccc(-c3c[nH]c4nc(N[C@H]5CC[C@@H](OCCO)CC5)ncc34)cc21. The van der Waals surface area contributed by atoms with Crippen LogP contribution in [0.15, 0.2) is 30.6 Å². The molecule has 1 fully saturated rings. The topological polar surface area (TPSA) is 114 Å². The van der Waals surface area contributed by atoms with Gasteiger partial charge in [0.2, 0.25) is 5.95 Å². The van der Waals surface area contributed by atoms with Crippen molar-refractivity contribution >= 4 is 28.0 Å². The molecule has 0 unspecified atom stereocenters. The molecule has 3 N–H and O–H groups in total. The van der Waals surface area contributed by atoms with Crippen LogP contribution in [0.2, 0.25) is 0 Å². The van der Waals surface area contributed by atoms with Gasteiger partial charge in [-0.15, -0.1) is 5.10 Å². The first-order chi connectivity index (χ1) is 14.7. The standard InChI is InChI=1S/C21H25N7O2/c1-28-19-10-13(2-7-18(19)26-27-28)16-11-22-20-17(16)12-23-21(25-20)24-14-3-5-15(6-4-14)30-9-8-29/h2,7,10-12,14-15,29H,3-6,8-9H2,1H3,(H2,22,23,24,25)/t14-,15+. The summed E-state index contributed by atoms with van der Waals surface area (Å²) >= 11 is 0. The predicted molar refractivity (Wildman–Crippen MR) is 114 cm³/mol. The lowest BCUT2D eigenvalue weighted by molar-refractivity contribution is 0.00719. The molecule has 3 aromatic heterocycles. The van der Waals surface area contributed by atoms with Crippen LogP contribution in [0.1, 0.15) is 25.7 Å². The number of ether oxygens (including phenoxy) is 1. The van der Waals surface area contributed by atoms with Crippen molar-refractivity contribution in [2.75, 3.05) is 18.5 Å². The maximum Gasteiger partial charge on any atom is 0.224 e. The summed E-state index contributed by atoms with van der Waals surface area (Å²) < 4.78 is 7.41. The molecule has 0 aliphatic heterocycles. The second-order valence-corrected chi connectivity index (χ2v) is 7.79. The van der Waals surface area contributed by atoms with E-state index in [0.717, 1.165) is 58.9 Å². The highest BCUT2D eigenvalue weighted by Gasteiger charge is 2.22. The lowest BCUT2D eigenvalue weighted by atomic mass is 9.93. The third-order valence-corrected chi connectivity index (χ3v) is 5.81. The van der Waals surface area contributed by atoms with Crippen molar-refractivity contribution in [3.8, 4) is 11.1 Å². The number of aromatic amines is 1. The number of benzene rings is 1. The molecule has 0 bridgehead atoms. The maximum absolute atomic E-state index is 8.89. The Morgan fingerprint density at radius 1 is 1.27 bits per heavy atom. The zero-order valence-electron chi connectivity index (χ0n) is 16.9. The van der Waals surface area contributed by atoms with Gasteiger partial charge in [0.25, 0.3) is 0 Å². The smallest absolute Gasteiger partial charge is 0.224 e. The molecule has 0 saturated heterocycles. The minimum absolute atomic E-state index is 0.0803. The summed E-state index contributed by atoms with van der Waals surface area (Å²) in [7, 11) is 1.89. The lowest BCUT2D eigenvalue weighted by Crippen LogP contribution is -2.30. The van der Waals surface area contributed by atoms with Crippen LogP contribution < -0.4 is 5.32 Å². The van der Waals surface area contributed by atoms with Crippen LogP contribution in [-0.2, 0) is 11.8 Å². The fraction of sp³-hybridized carbons (Fsp3) is 0.429. The van der Waals surface area contributed by atoms with E-state index in [2.05, 4.69) is 36.6 Å². The number of rotatable bonds is 6. The fourth-order valence-electron chi connectivity index (χ4n) is 4.19. The summed E-state index contributed by atoms with van der Waals surface area (Å²) in [6.45, 7) is 0.499. The summed E-state index contributed by atoms with van der Waals surface area (Å²) in [6.07, 6.45) is 8.07. The van der Waals surface area contributed by atoms with Crippen molar-refractivity contribution in [3.05, 3.63) is 30.6 Å². The van der Waals surface area contributed by atoms with Crippen molar-refractivity contribution < 1.29 is 9.84 Å². The molecule has 1 aliphatic carbocycles. The van der Waals surface area contributed by atoms with Gasteiger partial charge >= 0.3 is 0 Å². The Balaban J connectivity index is 1.32. The molecule has 1 saturated carbocycles. The van der Waals surface area contributed by atoms with Crippen LogP contribution in [0, 0.1) is 0 Å². The highest BCUT2D eigenvalue weighted by Crippen LogP contribution is 2.30. The average Bonchev–Trinajstić information content (AvgIpc) is 3.36. The Morgan fingerprint density at radius 3 is 2.97 bits per heavy atom. The van der Waals surface area contributed by atoms with Gasteiger partial charge in [0.05, 0.1) is 24.8 Å². The van der Waals surface area contributed by atoms with Gasteiger partial charge in [-0.3, -0.25) is 0 Å². The number of hydrogen-bond donors (Lipinski definition) is 3. The molecule has 3 heterocycles. The number of aliphatic hydroxyl groups excluding tert-OH is 1. The third-order valence-electron chi connectivity index (χ3n) is 5.81. The normalized spacial score (nSPS) is 19.5. The molecule has 0 spiro atoms. The Hall–Kier alpha value is -3.04. The number of nitrogens with zero attached hydrogens (tertiary/aromatic N) is 5. The van der Waals surface area contributed by atoms with E-state index < -0.39 is 0 Å². The Kier molecular flexibility index (Phi) is 5.06. The van der Waals surface area contributed by atoms with Gasteiger partial charge in [-0.2, -0.15) is 4.98 Å². The molecular formula is C21H25N7O2. The van der Waals surface area contributed by atoms with E-state index in [1.165, 1.54) is 0 Å². The van der Waals surface area contributed by atoms with E-state index in [1.54, 1.807) is 4.68 Å². The number of anilines is 1. The van der Waals surface area contributed by atoms with Crippen LogP contribution in [0.3, 0.4) is 0 Å². The van der Waals surface area contributed by atoms with Crippen LogP contribution in [0.5, 0.6) is 0 Å². The van der Waals surface area contributed by atoms with E-state index >= 15 is 0 Å². The predicted octanol–water partition coefficient (Wildman–Crippen LogP) is 2.64. The number of fused-ring (bicyclic) bond motifs is 2. The molecular weight excluding hydrogens is 382 g/mol. The van der Waals surface area contributed by atoms with Gasteiger partial charge in [-0.25, -0.2) is 9.67 Å². The maximum atomic E-state index is 8.89. The monoisotopic (exact) mass is 407 g/mol. The molecule has 9 heteroatoms. The number of aryl methyl sites for hydroxylation is 1. The van der Waals surface area contributed by atoms with Gasteiger partial charge in [-0.1, -0.05) is 11.3 Å². The molecule has 9 nitrogen and oxygen atoms in total. The number of H-pyrrole nitrogens is 1. The van der Waals surface area contributed by atoms with Crippen LogP contribution in [0.4, 0.5) is 5.95 Å². The summed E-state index contributed by atoms with van der Waals surface area (Å²) in [5.41, 5.74) is 4.80. The highest BCUT2D eigenvalue weighted by molar-refractivity contribution is 5.95. The molecule has 30 heavy (non-hydrogen) atoms. The zero-order valence-corrected chi connectivity index (χ0v) is 16.9. The molecule has 4 aromatic rings. The van der Waals surface area contributed by atoms with Crippen molar-refractivity contribution in [1.82, 2.24) is 29.9 Å².